The Hall–Kier alpha value is -0.870. The molecule has 1 atom stereocenters. The van der Waals surface area contributed by atoms with Gasteiger partial charge in [-0.15, -0.1) is 0 Å². The van der Waals surface area contributed by atoms with Crippen LogP contribution >= 0.6 is 0 Å². The number of nitrogens with zero attached hydrogens (tertiary/aromatic N) is 1. The van der Waals surface area contributed by atoms with Gasteiger partial charge in [0, 0.05) is 19.8 Å². The molecule has 1 unspecified atom stereocenters. The van der Waals surface area contributed by atoms with Crippen LogP contribution in [-0.2, 0) is 11.1 Å². The normalized spacial score (nSPS) is 12.6. The van der Waals surface area contributed by atoms with Crippen molar-refractivity contribution in [2.24, 2.45) is 0 Å². The Morgan fingerprint density at radius 3 is 2.38 bits per heavy atom. The third kappa shape index (κ3) is 2.29. The van der Waals surface area contributed by atoms with Gasteiger partial charge in [0.1, 0.15) is 0 Å². The van der Waals surface area contributed by atoms with E-state index in [1.165, 1.54) is 0 Å². The third-order valence-corrected chi connectivity index (χ3v) is 2.70. The molecular weight excluding hydrogens is 186 g/mol. The molecule has 0 heterocycles. The van der Waals surface area contributed by atoms with Crippen molar-refractivity contribution in [3.05, 3.63) is 23.8 Å². The molecule has 4 heteroatoms. The van der Waals surface area contributed by atoms with Gasteiger partial charge in [-0.3, -0.25) is 0 Å². The number of aryl methyl sites for hydroxylation is 1. The summed E-state index contributed by atoms with van der Waals surface area (Å²) in [7, 11) is 3.87. The van der Waals surface area contributed by atoms with Gasteiger partial charge >= 0.3 is 0 Å². The molecule has 0 saturated carbocycles. The van der Waals surface area contributed by atoms with E-state index in [0.717, 1.165) is 11.3 Å². The minimum Gasteiger partial charge on any atom is -0.378 e. The molecule has 0 bridgehead atoms. The van der Waals surface area contributed by atoms with Gasteiger partial charge in [0.15, 0.2) is 11.1 Å². The van der Waals surface area contributed by atoms with Crippen molar-refractivity contribution in [2.75, 3.05) is 19.0 Å². The predicted molar refractivity (Wildman–Crippen MR) is 54.5 cm³/mol. The Labute approximate surface area is 80.7 Å². The van der Waals surface area contributed by atoms with Crippen LogP contribution in [0.25, 0.3) is 0 Å². The summed E-state index contributed by atoms with van der Waals surface area (Å²) in [5.74, 6) is 0. The second-order valence-electron chi connectivity index (χ2n) is 3.09. The van der Waals surface area contributed by atoms with E-state index in [4.69, 9.17) is 4.55 Å². The van der Waals surface area contributed by atoms with Crippen LogP contribution in [0.5, 0.6) is 0 Å². The van der Waals surface area contributed by atoms with E-state index in [1.54, 1.807) is 6.07 Å². The van der Waals surface area contributed by atoms with Gasteiger partial charge in [-0.05, 0) is 30.7 Å². The fourth-order valence-corrected chi connectivity index (χ4v) is 1.63. The van der Waals surface area contributed by atoms with Crippen LogP contribution < -0.4 is 4.90 Å². The first kappa shape index (κ1) is 10.2. The molecule has 1 N–H and O–H groups in total. The molecule has 0 saturated heterocycles. The molecule has 0 aliphatic rings. The molecule has 0 aliphatic carbocycles. The Kier molecular flexibility index (Phi) is 3.06. The third-order valence-electron chi connectivity index (χ3n) is 1.86. The van der Waals surface area contributed by atoms with E-state index in [-0.39, 0.29) is 0 Å². The van der Waals surface area contributed by atoms with Crippen molar-refractivity contribution < 1.29 is 8.76 Å². The molecular formula is C9H13NO2S. The van der Waals surface area contributed by atoms with Gasteiger partial charge in [0.2, 0.25) is 0 Å². The Morgan fingerprint density at radius 1 is 1.38 bits per heavy atom. The molecule has 0 spiro atoms. The average Bonchev–Trinajstić information content (AvgIpc) is 2.03. The zero-order chi connectivity index (χ0) is 10.0. The van der Waals surface area contributed by atoms with Gasteiger partial charge in [0.05, 0.1) is 4.90 Å². The fourth-order valence-electron chi connectivity index (χ4n) is 1.11. The minimum atomic E-state index is -1.88. The lowest BCUT2D eigenvalue weighted by Crippen LogP contribution is -2.09. The summed E-state index contributed by atoms with van der Waals surface area (Å²) in [6.45, 7) is 1.83. The lowest BCUT2D eigenvalue weighted by molar-refractivity contribution is 0.564. The lowest BCUT2D eigenvalue weighted by atomic mass is 10.2. The van der Waals surface area contributed by atoms with E-state index < -0.39 is 11.1 Å². The maximum atomic E-state index is 10.8. The summed E-state index contributed by atoms with van der Waals surface area (Å²) >= 11 is -1.88. The van der Waals surface area contributed by atoms with Crippen molar-refractivity contribution in [3.63, 3.8) is 0 Å². The summed E-state index contributed by atoms with van der Waals surface area (Å²) < 4.78 is 19.7. The highest BCUT2D eigenvalue weighted by atomic mass is 32.2. The lowest BCUT2D eigenvalue weighted by Gasteiger charge is -2.13. The Balaban J connectivity index is 3.13. The fraction of sp³-hybridized carbons (Fsp3) is 0.333. The smallest absolute Gasteiger partial charge is 0.186 e. The van der Waals surface area contributed by atoms with Gasteiger partial charge < -0.3 is 9.45 Å². The summed E-state index contributed by atoms with van der Waals surface area (Å²) in [6, 6.07) is 5.40. The second-order valence-corrected chi connectivity index (χ2v) is 4.03. The standard InChI is InChI=1S/C9H13NO2S/c1-7-6-8(10(2)3)4-5-9(7)13(11)12/h4-6H,1-3H3,(H,11,12). The zero-order valence-corrected chi connectivity index (χ0v) is 8.76. The summed E-state index contributed by atoms with van der Waals surface area (Å²) in [5, 5.41) is 0. The first-order valence-corrected chi connectivity index (χ1v) is 5.02. The maximum Gasteiger partial charge on any atom is 0.186 e. The Bertz CT molecular complexity index is 336. The summed E-state index contributed by atoms with van der Waals surface area (Å²) in [5.41, 5.74) is 1.87. The second kappa shape index (κ2) is 3.89. The van der Waals surface area contributed by atoms with Crippen LogP contribution in [0, 0.1) is 6.92 Å². The monoisotopic (exact) mass is 199 g/mol. The minimum absolute atomic E-state index is 0.477. The van der Waals surface area contributed by atoms with Crippen LogP contribution in [0.4, 0.5) is 5.69 Å². The number of rotatable bonds is 2. The van der Waals surface area contributed by atoms with Gasteiger partial charge in [0.25, 0.3) is 0 Å². The molecule has 1 aromatic rings. The number of anilines is 1. The highest BCUT2D eigenvalue weighted by Gasteiger charge is 2.05. The molecule has 1 rings (SSSR count). The van der Waals surface area contributed by atoms with E-state index in [2.05, 4.69) is 0 Å². The van der Waals surface area contributed by atoms with Crippen molar-refractivity contribution in [2.45, 2.75) is 11.8 Å². The molecule has 13 heavy (non-hydrogen) atoms. The van der Waals surface area contributed by atoms with Crippen LogP contribution in [0.15, 0.2) is 23.1 Å². The molecule has 0 fully saturated rings. The SMILES string of the molecule is Cc1cc(N(C)C)ccc1S(=O)O. The molecule has 0 radical (unpaired) electrons. The molecule has 0 aromatic heterocycles. The van der Waals surface area contributed by atoms with Gasteiger partial charge in [-0.2, -0.15) is 0 Å². The highest BCUT2D eigenvalue weighted by molar-refractivity contribution is 7.79. The molecule has 0 aliphatic heterocycles. The number of hydrogen-bond donors (Lipinski definition) is 1. The zero-order valence-electron chi connectivity index (χ0n) is 7.94. The quantitative estimate of drug-likeness (QED) is 0.736. The van der Waals surface area contributed by atoms with Crippen LogP contribution in [0.1, 0.15) is 5.56 Å². The Morgan fingerprint density at radius 2 is 2.00 bits per heavy atom. The van der Waals surface area contributed by atoms with Crippen molar-refractivity contribution in [3.8, 4) is 0 Å². The van der Waals surface area contributed by atoms with Crippen LogP contribution in [0.3, 0.4) is 0 Å². The van der Waals surface area contributed by atoms with Crippen LogP contribution in [0.2, 0.25) is 0 Å². The average molecular weight is 199 g/mol. The molecule has 0 amide bonds. The maximum absolute atomic E-state index is 10.8. The first-order valence-electron chi connectivity index (χ1n) is 3.91. The molecule has 72 valence electrons. The van der Waals surface area contributed by atoms with Crippen molar-refractivity contribution >= 4 is 16.8 Å². The van der Waals surface area contributed by atoms with E-state index in [1.807, 2.05) is 38.1 Å². The number of hydrogen-bond acceptors (Lipinski definition) is 2. The molecule has 1 aromatic carbocycles. The van der Waals surface area contributed by atoms with Crippen molar-refractivity contribution in [1.29, 1.82) is 0 Å². The van der Waals surface area contributed by atoms with Gasteiger partial charge in [-0.25, -0.2) is 4.21 Å². The van der Waals surface area contributed by atoms with E-state index in [0.29, 0.717) is 4.90 Å². The first-order chi connectivity index (χ1) is 6.02. The predicted octanol–water partition coefficient (Wildman–Crippen LogP) is 1.64. The van der Waals surface area contributed by atoms with E-state index in [9.17, 15) is 4.21 Å². The van der Waals surface area contributed by atoms with E-state index >= 15 is 0 Å². The summed E-state index contributed by atoms with van der Waals surface area (Å²) in [6.07, 6.45) is 0. The molecule has 3 nitrogen and oxygen atoms in total. The largest absolute Gasteiger partial charge is 0.378 e. The van der Waals surface area contributed by atoms with Gasteiger partial charge in [-0.1, -0.05) is 0 Å². The number of benzene rings is 1. The topological polar surface area (TPSA) is 40.5 Å². The van der Waals surface area contributed by atoms with Crippen molar-refractivity contribution in [1.82, 2.24) is 0 Å². The summed E-state index contributed by atoms with van der Waals surface area (Å²) in [4.78, 5) is 2.43. The van der Waals surface area contributed by atoms with Crippen LogP contribution in [-0.4, -0.2) is 22.9 Å². The highest BCUT2D eigenvalue weighted by Crippen LogP contribution is 2.18.